The summed E-state index contributed by atoms with van der Waals surface area (Å²) in [5.41, 5.74) is 0.830. The third-order valence-electron chi connectivity index (χ3n) is 2.02. The van der Waals surface area contributed by atoms with Crippen molar-refractivity contribution in [2.75, 3.05) is 0 Å². The van der Waals surface area contributed by atoms with Gasteiger partial charge in [0.2, 0.25) is 0 Å². The first kappa shape index (κ1) is 11.2. The van der Waals surface area contributed by atoms with Crippen LogP contribution in [0.4, 0.5) is 4.39 Å². The van der Waals surface area contributed by atoms with Crippen molar-refractivity contribution in [3.8, 4) is 6.07 Å². The Hall–Kier alpha value is -0.880. The molecule has 0 bridgehead atoms. The maximum Gasteiger partial charge on any atom is 0.142 e. The summed E-state index contributed by atoms with van der Waals surface area (Å²) in [5, 5.41) is 8.67. The summed E-state index contributed by atoms with van der Waals surface area (Å²) in [6.07, 6.45) is 0. The lowest BCUT2D eigenvalue weighted by molar-refractivity contribution is 0.570. The summed E-state index contributed by atoms with van der Waals surface area (Å²) in [5.74, 6) is -0.466. The molecule has 0 aliphatic heterocycles. The van der Waals surface area contributed by atoms with E-state index in [9.17, 15) is 4.39 Å². The highest BCUT2D eigenvalue weighted by atomic mass is 79.9. The fraction of sp³-hybridized carbons (Fsp3) is 0.364. The number of benzene rings is 1. The molecule has 0 radical (unpaired) electrons. The van der Waals surface area contributed by atoms with Crippen molar-refractivity contribution in [2.24, 2.45) is 0 Å². The number of hydrogen-bond acceptors (Lipinski definition) is 1. The van der Waals surface area contributed by atoms with Gasteiger partial charge in [-0.2, -0.15) is 5.26 Å². The summed E-state index contributed by atoms with van der Waals surface area (Å²) in [6, 6.07) is 5.03. The highest BCUT2D eigenvalue weighted by molar-refractivity contribution is 9.10. The van der Waals surface area contributed by atoms with Gasteiger partial charge in [0.1, 0.15) is 17.4 Å². The van der Waals surface area contributed by atoms with Crippen LogP contribution in [0, 0.1) is 17.1 Å². The maximum atomic E-state index is 13.4. The number of halogens is 2. The molecule has 0 unspecified atom stereocenters. The molecule has 14 heavy (non-hydrogen) atoms. The number of rotatable bonds is 0. The largest absolute Gasteiger partial charge is 0.205 e. The second-order valence-electron chi connectivity index (χ2n) is 4.18. The molecule has 1 aromatic rings. The second-order valence-corrected chi connectivity index (χ2v) is 5.03. The van der Waals surface area contributed by atoms with Gasteiger partial charge in [-0.25, -0.2) is 4.39 Å². The molecule has 1 rings (SSSR count). The van der Waals surface area contributed by atoms with E-state index in [0.29, 0.717) is 4.47 Å². The quantitative estimate of drug-likeness (QED) is 0.693. The van der Waals surface area contributed by atoms with Crippen LogP contribution >= 0.6 is 15.9 Å². The average molecular weight is 256 g/mol. The fourth-order valence-electron chi connectivity index (χ4n) is 1.11. The van der Waals surface area contributed by atoms with Crippen molar-refractivity contribution in [1.82, 2.24) is 0 Å². The SMILES string of the molecule is CC(C)(C)c1cc(F)c(C#N)c(Br)c1. The highest BCUT2D eigenvalue weighted by Crippen LogP contribution is 2.28. The molecule has 0 aliphatic carbocycles. The van der Waals surface area contributed by atoms with E-state index < -0.39 is 5.82 Å². The predicted molar refractivity (Wildman–Crippen MR) is 57.5 cm³/mol. The van der Waals surface area contributed by atoms with Crippen molar-refractivity contribution in [3.63, 3.8) is 0 Å². The predicted octanol–water partition coefficient (Wildman–Crippen LogP) is 3.76. The van der Waals surface area contributed by atoms with Gasteiger partial charge in [-0.05, 0) is 39.0 Å². The normalized spacial score (nSPS) is 11.1. The monoisotopic (exact) mass is 255 g/mol. The number of nitriles is 1. The van der Waals surface area contributed by atoms with Crippen molar-refractivity contribution >= 4 is 15.9 Å². The molecular weight excluding hydrogens is 245 g/mol. The molecule has 0 N–H and O–H groups in total. The molecule has 0 amide bonds. The minimum Gasteiger partial charge on any atom is -0.205 e. The van der Waals surface area contributed by atoms with Gasteiger partial charge in [0, 0.05) is 4.47 Å². The third-order valence-corrected chi connectivity index (χ3v) is 2.65. The van der Waals surface area contributed by atoms with Gasteiger partial charge in [0.15, 0.2) is 0 Å². The first-order valence-corrected chi connectivity index (χ1v) is 5.05. The first-order chi connectivity index (χ1) is 6.36. The van der Waals surface area contributed by atoms with E-state index in [4.69, 9.17) is 5.26 Å². The minimum absolute atomic E-state index is 0.0676. The zero-order valence-corrected chi connectivity index (χ0v) is 9.94. The molecule has 0 saturated heterocycles. The first-order valence-electron chi connectivity index (χ1n) is 4.26. The number of nitrogens with zero attached hydrogens (tertiary/aromatic N) is 1. The molecule has 0 fully saturated rings. The molecule has 0 aliphatic rings. The van der Waals surface area contributed by atoms with E-state index in [2.05, 4.69) is 15.9 Å². The lowest BCUT2D eigenvalue weighted by Crippen LogP contribution is -2.11. The molecule has 0 heterocycles. The Morgan fingerprint density at radius 3 is 2.29 bits per heavy atom. The van der Waals surface area contributed by atoms with Gasteiger partial charge in [0.25, 0.3) is 0 Å². The van der Waals surface area contributed by atoms with Gasteiger partial charge in [0.05, 0.1) is 0 Å². The lowest BCUT2D eigenvalue weighted by atomic mass is 9.86. The Kier molecular flexibility index (Phi) is 2.96. The fourth-order valence-corrected chi connectivity index (χ4v) is 1.64. The van der Waals surface area contributed by atoms with Crippen LogP contribution in [0.25, 0.3) is 0 Å². The van der Waals surface area contributed by atoms with Gasteiger partial charge in [-0.3, -0.25) is 0 Å². The van der Waals surface area contributed by atoms with Gasteiger partial charge in [-0.1, -0.05) is 20.8 Å². The molecule has 0 aromatic heterocycles. The number of hydrogen-bond donors (Lipinski definition) is 0. The van der Waals surface area contributed by atoms with Crippen LogP contribution in [-0.4, -0.2) is 0 Å². The van der Waals surface area contributed by atoms with Crippen molar-refractivity contribution < 1.29 is 4.39 Å². The van der Waals surface area contributed by atoms with E-state index in [1.165, 1.54) is 6.07 Å². The van der Waals surface area contributed by atoms with E-state index in [-0.39, 0.29) is 11.0 Å². The molecule has 0 atom stereocenters. The Bertz CT molecular complexity index is 376. The topological polar surface area (TPSA) is 23.8 Å². The zero-order chi connectivity index (χ0) is 10.9. The molecule has 3 heteroatoms. The van der Waals surface area contributed by atoms with E-state index in [1.807, 2.05) is 26.8 Å². The molecule has 0 spiro atoms. The summed E-state index contributed by atoms with van der Waals surface area (Å²) in [6.45, 7) is 6.00. The summed E-state index contributed by atoms with van der Waals surface area (Å²) >= 11 is 3.19. The van der Waals surface area contributed by atoms with Crippen molar-refractivity contribution in [2.45, 2.75) is 26.2 Å². The summed E-state index contributed by atoms with van der Waals surface area (Å²) in [7, 11) is 0. The van der Waals surface area contributed by atoms with E-state index in [0.717, 1.165) is 5.56 Å². The average Bonchev–Trinajstić information content (AvgIpc) is 2.01. The standard InChI is InChI=1S/C11H11BrFN/c1-11(2,3)7-4-9(12)8(6-14)10(13)5-7/h4-5H,1-3H3. The molecule has 1 nitrogen and oxygen atoms in total. The Balaban J connectivity index is 3.37. The van der Waals surface area contributed by atoms with Crippen LogP contribution < -0.4 is 0 Å². The molecular formula is C11H11BrFN. The molecule has 0 saturated carbocycles. The van der Waals surface area contributed by atoms with E-state index in [1.54, 1.807) is 6.07 Å². The van der Waals surface area contributed by atoms with Crippen LogP contribution in [-0.2, 0) is 5.41 Å². The summed E-state index contributed by atoms with van der Waals surface area (Å²) in [4.78, 5) is 0. The Morgan fingerprint density at radius 2 is 1.93 bits per heavy atom. The molecule has 1 aromatic carbocycles. The van der Waals surface area contributed by atoms with Gasteiger partial charge >= 0.3 is 0 Å². The van der Waals surface area contributed by atoms with Crippen LogP contribution in [0.2, 0.25) is 0 Å². The van der Waals surface area contributed by atoms with Gasteiger partial charge < -0.3 is 0 Å². The minimum atomic E-state index is -0.466. The zero-order valence-electron chi connectivity index (χ0n) is 8.36. The van der Waals surface area contributed by atoms with Crippen LogP contribution in [0.1, 0.15) is 31.9 Å². The van der Waals surface area contributed by atoms with Crippen LogP contribution in [0.15, 0.2) is 16.6 Å². The Labute approximate surface area is 91.7 Å². The smallest absolute Gasteiger partial charge is 0.142 e. The van der Waals surface area contributed by atoms with Crippen LogP contribution in [0.5, 0.6) is 0 Å². The maximum absolute atomic E-state index is 13.4. The molecule has 74 valence electrons. The highest BCUT2D eigenvalue weighted by Gasteiger charge is 2.17. The summed E-state index contributed by atoms with van der Waals surface area (Å²) < 4.78 is 13.9. The second kappa shape index (κ2) is 3.70. The lowest BCUT2D eigenvalue weighted by Gasteiger charge is -2.19. The van der Waals surface area contributed by atoms with Crippen molar-refractivity contribution in [3.05, 3.63) is 33.5 Å². The van der Waals surface area contributed by atoms with Gasteiger partial charge in [-0.15, -0.1) is 0 Å². The Morgan fingerprint density at radius 1 is 1.36 bits per heavy atom. The third kappa shape index (κ3) is 2.13. The van der Waals surface area contributed by atoms with Crippen molar-refractivity contribution in [1.29, 1.82) is 5.26 Å². The van der Waals surface area contributed by atoms with Crippen LogP contribution in [0.3, 0.4) is 0 Å². The van der Waals surface area contributed by atoms with E-state index >= 15 is 0 Å².